The molecule has 0 aromatic heterocycles. The minimum absolute atomic E-state index is 0.129. The van der Waals surface area contributed by atoms with Crippen molar-refractivity contribution in [2.24, 2.45) is 11.8 Å². The van der Waals surface area contributed by atoms with Crippen LogP contribution in [0.25, 0.3) is 0 Å². The predicted octanol–water partition coefficient (Wildman–Crippen LogP) is 2.75. The second-order valence-corrected chi connectivity index (χ2v) is 7.65. The molecule has 2 aliphatic heterocycles. The summed E-state index contributed by atoms with van der Waals surface area (Å²) in [4.78, 5) is 15.4. The van der Waals surface area contributed by atoms with Gasteiger partial charge in [-0.2, -0.15) is 0 Å². The second-order valence-electron chi connectivity index (χ2n) is 7.65. The van der Waals surface area contributed by atoms with E-state index in [0.717, 1.165) is 51.3 Å². The van der Waals surface area contributed by atoms with Crippen LogP contribution in [-0.4, -0.2) is 36.5 Å². The number of benzene rings is 1. The maximum absolute atomic E-state index is 13.2. The van der Waals surface area contributed by atoms with Crippen LogP contribution in [0.1, 0.15) is 43.7 Å². The fraction of sp³-hybridized carbons (Fsp3) is 0.650. The van der Waals surface area contributed by atoms with Gasteiger partial charge in [0.25, 0.3) is 0 Å². The molecule has 1 N–H and O–H groups in total. The number of hydrogen-bond donors (Lipinski definition) is 1. The Morgan fingerprint density at radius 3 is 2.83 bits per heavy atom. The molecule has 0 radical (unpaired) electrons. The van der Waals surface area contributed by atoms with Crippen LogP contribution in [0.5, 0.6) is 5.75 Å². The van der Waals surface area contributed by atoms with Gasteiger partial charge in [0.05, 0.1) is 6.61 Å². The van der Waals surface area contributed by atoms with Crippen LogP contribution in [-0.2, 0) is 17.8 Å². The zero-order valence-corrected chi connectivity index (χ0v) is 14.6. The van der Waals surface area contributed by atoms with Crippen LogP contribution in [0.4, 0.5) is 0 Å². The van der Waals surface area contributed by atoms with Gasteiger partial charge >= 0.3 is 0 Å². The van der Waals surface area contributed by atoms with Gasteiger partial charge in [0.15, 0.2) is 0 Å². The normalized spacial score (nSPS) is 21.9. The van der Waals surface area contributed by atoms with Crippen LogP contribution >= 0.6 is 0 Å². The molecule has 1 saturated carbocycles. The molecule has 24 heavy (non-hydrogen) atoms. The number of carbonyl (C=O) groups is 1. The molecule has 1 amide bonds. The summed E-state index contributed by atoms with van der Waals surface area (Å²) >= 11 is 0. The molecule has 2 heterocycles. The average Bonchev–Trinajstić information content (AvgIpc) is 3.20. The first-order valence-electron chi connectivity index (χ1n) is 9.48. The van der Waals surface area contributed by atoms with Crippen molar-refractivity contribution in [1.82, 2.24) is 10.2 Å². The fourth-order valence-electron chi connectivity index (χ4n) is 4.27. The molecule has 1 saturated heterocycles. The molecule has 1 aromatic rings. The first kappa shape index (κ1) is 15.9. The maximum atomic E-state index is 13.2. The number of fused-ring (bicyclic) bond motifs is 1. The topological polar surface area (TPSA) is 41.6 Å². The van der Waals surface area contributed by atoms with E-state index in [4.69, 9.17) is 4.74 Å². The Morgan fingerprint density at radius 2 is 2.12 bits per heavy atom. The first-order valence-corrected chi connectivity index (χ1v) is 9.48. The van der Waals surface area contributed by atoms with Gasteiger partial charge in [0.1, 0.15) is 5.75 Å². The van der Waals surface area contributed by atoms with Crippen molar-refractivity contribution in [1.29, 1.82) is 0 Å². The monoisotopic (exact) mass is 328 g/mol. The van der Waals surface area contributed by atoms with Crippen molar-refractivity contribution in [3.8, 4) is 5.75 Å². The minimum atomic E-state index is 0.129. The summed E-state index contributed by atoms with van der Waals surface area (Å²) in [5.74, 6) is 2.01. The van der Waals surface area contributed by atoms with E-state index in [0.29, 0.717) is 17.9 Å². The van der Waals surface area contributed by atoms with Gasteiger partial charge in [-0.3, -0.25) is 4.79 Å². The molecular formula is C20H28N2O2. The highest BCUT2D eigenvalue weighted by Crippen LogP contribution is 2.31. The number of ether oxygens (including phenoxy) is 1. The Hall–Kier alpha value is -1.55. The summed E-state index contributed by atoms with van der Waals surface area (Å²) in [6, 6.07) is 6.88. The molecule has 1 unspecified atom stereocenters. The molecule has 3 aliphatic rings. The molecule has 4 rings (SSSR count). The van der Waals surface area contributed by atoms with E-state index in [1.165, 1.54) is 24.0 Å². The summed E-state index contributed by atoms with van der Waals surface area (Å²) in [6.07, 6.45) is 5.83. The van der Waals surface area contributed by atoms with Crippen molar-refractivity contribution in [3.05, 3.63) is 29.3 Å². The standard InChI is InChI=1S/C20H28N2O2/c1-14(17-11-21-12-17)20(23)22(18-4-2-3-5-18)13-15-6-7-19-16(10-15)8-9-24-19/h6-7,10,14,17-18,21H,2-5,8-9,11-13H2,1H3. The predicted molar refractivity (Wildman–Crippen MR) is 94.0 cm³/mol. The number of rotatable bonds is 5. The maximum Gasteiger partial charge on any atom is 0.226 e. The third-order valence-corrected chi connectivity index (χ3v) is 6.07. The lowest BCUT2D eigenvalue weighted by molar-refractivity contribution is -0.140. The molecule has 4 nitrogen and oxygen atoms in total. The number of carbonyl (C=O) groups excluding carboxylic acids is 1. The summed E-state index contributed by atoms with van der Waals surface area (Å²) in [6.45, 7) is 5.63. The van der Waals surface area contributed by atoms with Gasteiger partial charge in [-0.05, 0) is 49.0 Å². The van der Waals surface area contributed by atoms with Crippen molar-refractivity contribution in [2.45, 2.75) is 51.6 Å². The lowest BCUT2D eigenvalue weighted by Gasteiger charge is -2.37. The van der Waals surface area contributed by atoms with E-state index in [-0.39, 0.29) is 5.92 Å². The number of hydrogen-bond acceptors (Lipinski definition) is 3. The highest BCUT2D eigenvalue weighted by Gasteiger charge is 2.35. The van der Waals surface area contributed by atoms with Gasteiger partial charge in [-0.25, -0.2) is 0 Å². The van der Waals surface area contributed by atoms with E-state index >= 15 is 0 Å². The summed E-state index contributed by atoms with van der Waals surface area (Å²) in [7, 11) is 0. The lowest BCUT2D eigenvalue weighted by Crippen LogP contribution is -2.51. The van der Waals surface area contributed by atoms with Gasteiger partial charge in [-0.15, -0.1) is 0 Å². The molecule has 1 aliphatic carbocycles. The molecule has 1 aromatic carbocycles. The highest BCUT2D eigenvalue weighted by atomic mass is 16.5. The Kier molecular flexibility index (Phi) is 4.49. The minimum Gasteiger partial charge on any atom is -0.493 e. The highest BCUT2D eigenvalue weighted by molar-refractivity contribution is 5.79. The van der Waals surface area contributed by atoms with Crippen molar-refractivity contribution >= 4 is 5.91 Å². The molecule has 0 spiro atoms. The lowest BCUT2D eigenvalue weighted by atomic mass is 9.87. The van der Waals surface area contributed by atoms with Crippen LogP contribution in [0.3, 0.4) is 0 Å². The Morgan fingerprint density at radius 1 is 1.33 bits per heavy atom. The van der Waals surface area contributed by atoms with Gasteiger partial charge in [0, 0.05) is 24.9 Å². The van der Waals surface area contributed by atoms with E-state index < -0.39 is 0 Å². The van der Waals surface area contributed by atoms with Crippen molar-refractivity contribution < 1.29 is 9.53 Å². The molecule has 0 bridgehead atoms. The SMILES string of the molecule is CC(C(=O)N(Cc1ccc2c(c1)CCO2)C1CCCC1)C1CNC1. The second kappa shape index (κ2) is 6.75. The Balaban J connectivity index is 1.52. The summed E-state index contributed by atoms with van der Waals surface area (Å²) in [5.41, 5.74) is 2.54. The third kappa shape index (κ3) is 3.04. The first-order chi connectivity index (χ1) is 11.7. The van der Waals surface area contributed by atoms with E-state index in [9.17, 15) is 4.79 Å². The molecule has 1 atom stereocenters. The van der Waals surface area contributed by atoms with E-state index in [2.05, 4.69) is 35.3 Å². The van der Waals surface area contributed by atoms with E-state index in [1.54, 1.807) is 0 Å². The number of nitrogens with zero attached hydrogens (tertiary/aromatic N) is 1. The van der Waals surface area contributed by atoms with Crippen molar-refractivity contribution in [3.63, 3.8) is 0 Å². The fourth-order valence-corrected chi connectivity index (χ4v) is 4.27. The quantitative estimate of drug-likeness (QED) is 0.904. The van der Waals surface area contributed by atoms with Crippen LogP contribution in [0, 0.1) is 11.8 Å². The summed E-state index contributed by atoms with van der Waals surface area (Å²) in [5, 5.41) is 3.30. The largest absolute Gasteiger partial charge is 0.493 e. The van der Waals surface area contributed by atoms with Crippen LogP contribution in [0.2, 0.25) is 0 Å². The van der Waals surface area contributed by atoms with Crippen LogP contribution in [0.15, 0.2) is 18.2 Å². The Labute approximate surface area is 144 Å². The Bertz CT molecular complexity index is 606. The third-order valence-electron chi connectivity index (χ3n) is 6.07. The smallest absolute Gasteiger partial charge is 0.226 e. The average molecular weight is 328 g/mol. The van der Waals surface area contributed by atoms with Gasteiger partial charge in [0.2, 0.25) is 5.91 Å². The molecule has 4 heteroatoms. The van der Waals surface area contributed by atoms with Crippen LogP contribution < -0.4 is 10.1 Å². The zero-order valence-electron chi connectivity index (χ0n) is 14.6. The number of nitrogens with one attached hydrogen (secondary N) is 1. The van der Waals surface area contributed by atoms with E-state index in [1.807, 2.05) is 0 Å². The zero-order chi connectivity index (χ0) is 16.5. The summed E-state index contributed by atoms with van der Waals surface area (Å²) < 4.78 is 5.61. The number of amides is 1. The van der Waals surface area contributed by atoms with Crippen molar-refractivity contribution in [2.75, 3.05) is 19.7 Å². The molecule has 2 fully saturated rings. The van der Waals surface area contributed by atoms with Gasteiger partial charge in [-0.1, -0.05) is 31.9 Å². The molecule has 130 valence electrons. The van der Waals surface area contributed by atoms with Gasteiger partial charge < -0.3 is 15.0 Å². The molecular weight excluding hydrogens is 300 g/mol.